The molecule has 0 aliphatic rings. The zero-order valence-corrected chi connectivity index (χ0v) is 12.5. The Hall–Kier alpha value is -0.550. The van der Waals surface area contributed by atoms with Crippen LogP contribution in [0, 0.1) is 5.92 Å². The highest BCUT2D eigenvalue weighted by atomic mass is 79.9. The van der Waals surface area contributed by atoms with Gasteiger partial charge in [0, 0.05) is 11.0 Å². The first-order chi connectivity index (χ1) is 7.93. The molecule has 0 aromatic heterocycles. The number of benzene rings is 1. The molecule has 0 heterocycles. The minimum Gasteiger partial charge on any atom is -0.284 e. The van der Waals surface area contributed by atoms with Crippen LogP contribution in [0.1, 0.15) is 25.8 Å². The van der Waals surface area contributed by atoms with Gasteiger partial charge in [0.25, 0.3) is 0 Å². The molecule has 0 radical (unpaired) electrons. The molecule has 0 amide bonds. The monoisotopic (exact) mass is 319 g/mol. The standard InChI is InChI=1S/C12H18BrNO2S/c1-10(2)6-7-17(15,16)14-12-5-3-4-11(8-12)9-13/h3-5,8,10,14H,6-7,9H2,1-2H3. The molecule has 1 rings (SSSR count). The van der Waals surface area contributed by atoms with E-state index in [1.54, 1.807) is 6.07 Å². The summed E-state index contributed by atoms with van der Waals surface area (Å²) in [4.78, 5) is 0. The molecule has 0 saturated heterocycles. The zero-order chi connectivity index (χ0) is 12.9. The van der Waals surface area contributed by atoms with Crippen molar-refractivity contribution in [3.63, 3.8) is 0 Å². The van der Waals surface area contributed by atoms with Crippen molar-refractivity contribution in [2.45, 2.75) is 25.6 Å². The third-order valence-electron chi connectivity index (χ3n) is 2.32. The molecule has 3 nitrogen and oxygen atoms in total. The van der Waals surface area contributed by atoms with E-state index in [4.69, 9.17) is 0 Å². The first kappa shape index (κ1) is 14.5. The second kappa shape index (κ2) is 6.40. The quantitative estimate of drug-likeness (QED) is 0.817. The summed E-state index contributed by atoms with van der Waals surface area (Å²) in [5.41, 5.74) is 1.68. The second-order valence-corrected chi connectivity index (χ2v) is 6.84. The van der Waals surface area contributed by atoms with Gasteiger partial charge in [-0.2, -0.15) is 0 Å². The molecule has 17 heavy (non-hydrogen) atoms. The van der Waals surface area contributed by atoms with Gasteiger partial charge in [-0.3, -0.25) is 4.72 Å². The van der Waals surface area contributed by atoms with E-state index in [1.165, 1.54) is 0 Å². The van der Waals surface area contributed by atoms with Crippen LogP contribution in [0.2, 0.25) is 0 Å². The first-order valence-electron chi connectivity index (χ1n) is 5.58. The molecule has 0 atom stereocenters. The highest BCUT2D eigenvalue weighted by Crippen LogP contribution is 2.15. The molecular weight excluding hydrogens is 302 g/mol. The van der Waals surface area contributed by atoms with E-state index in [1.807, 2.05) is 32.0 Å². The Kier molecular flexibility index (Phi) is 5.46. The predicted octanol–water partition coefficient (Wildman–Crippen LogP) is 3.37. The van der Waals surface area contributed by atoms with Gasteiger partial charge in [-0.25, -0.2) is 8.42 Å². The van der Waals surface area contributed by atoms with Crippen molar-refractivity contribution in [1.29, 1.82) is 0 Å². The van der Waals surface area contributed by atoms with E-state index in [-0.39, 0.29) is 5.75 Å². The molecule has 0 bridgehead atoms. The number of hydrogen-bond donors (Lipinski definition) is 1. The molecule has 1 aromatic carbocycles. The van der Waals surface area contributed by atoms with Crippen LogP contribution >= 0.6 is 15.9 Å². The Morgan fingerprint density at radius 3 is 2.65 bits per heavy atom. The molecule has 1 aromatic rings. The fourth-order valence-corrected chi connectivity index (χ4v) is 3.06. The maximum absolute atomic E-state index is 11.8. The summed E-state index contributed by atoms with van der Waals surface area (Å²) >= 11 is 3.34. The number of hydrogen-bond acceptors (Lipinski definition) is 2. The van der Waals surface area contributed by atoms with Crippen LogP contribution in [0.3, 0.4) is 0 Å². The fourth-order valence-electron chi connectivity index (χ4n) is 1.34. The molecule has 0 unspecified atom stereocenters. The summed E-state index contributed by atoms with van der Waals surface area (Å²) in [5, 5.41) is 0.717. The van der Waals surface area contributed by atoms with Crippen molar-refractivity contribution in [2.24, 2.45) is 5.92 Å². The second-order valence-electron chi connectivity index (χ2n) is 4.44. The summed E-state index contributed by atoms with van der Waals surface area (Å²) in [6, 6.07) is 7.39. The van der Waals surface area contributed by atoms with Crippen LogP contribution in [-0.4, -0.2) is 14.2 Å². The molecular formula is C12H18BrNO2S. The van der Waals surface area contributed by atoms with Crippen molar-refractivity contribution in [3.05, 3.63) is 29.8 Å². The van der Waals surface area contributed by atoms with Crippen LogP contribution < -0.4 is 4.72 Å². The molecule has 96 valence electrons. The Morgan fingerprint density at radius 2 is 2.06 bits per heavy atom. The molecule has 5 heteroatoms. The van der Waals surface area contributed by atoms with Crippen molar-refractivity contribution >= 4 is 31.6 Å². The van der Waals surface area contributed by atoms with Gasteiger partial charge < -0.3 is 0 Å². The number of rotatable bonds is 6. The van der Waals surface area contributed by atoms with E-state index < -0.39 is 10.0 Å². The Bertz CT molecular complexity index is 457. The summed E-state index contributed by atoms with van der Waals surface area (Å²) in [6.07, 6.45) is 0.674. The van der Waals surface area contributed by atoms with E-state index in [2.05, 4.69) is 20.7 Å². The van der Waals surface area contributed by atoms with Crippen molar-refractivity contribution in [2.75, 3.05) is 10.5 Å². The van der Waals surface area contributed by atoms with Gasteiger partial charge in [-0.15, -0.1) is 0 Å². The van der Waals surface area contributed by atoms with Gasteiger partial charge >= 0.3 is 0 Å². The third kappa shape index (κ3) is 5.55. The summed E-state index contributed by atoms with van der Waals surface area (Å²) < 4.78 is 26.2. The van der Waals surface area contributed by atoms with Crippen LogP contribution in [0.25, 0.3) is 0 Å². The van der Waals surface area contributed by atoms with Gasteiger partial charge in [-0.1, -0.05) is 41.9 Å². The number of sulfonamides is 1. The number of anilines is 1. The highest BCUT2D eigenvalue weighted by Gasteiger charge is 2.11. The van der Waals surface area contributed by atoms with Crippen LogP contribution in [-0.2, 0) is 15.4 Å². The molecule has 0 spiro atoms. The van der Waals surface area contributed by atoms with Gasteiger partial charge in [0.05, 0.1) is 5.75 Å². The number of alkyl halides is 1. The lowest BCUT2D eigenvalue weighted by atomic mass is 10.2. The van der Waals surface area contributed by atoms with E-state index >= 15 is 0 Å². The number of nitrogens with one attached hydrogen (secondary N) is 1. The summed E-state index contributed by atoms with van der Waals surface area (Å²) in [5.74, 6) is 0.559. The highest BCUT2D eigenvalue weighted by molar-refractivity contribution is 9.08. The fraction of sp³-hybridized carbons (Fsp3) is 0.500. The Morgan fingerprint density at radius 1 is 1.35 bits per heavy atom. The smallest absolute Gasteiger partial charge is 0.232 e. The van der Waals surface area contributed by atoms with Crippen molar-refractivity contribution < 1.29 is 8.42 Å². The maximum atomic E-state index is 11.8. The van der Waals surface area contributed by atoms with Gasteiger partial charge in [0.2, 0.25) is 10.0 Å². The Labute approximate surface area is 112 Å². The largest absolute Gasteiger partial charge is 0.284 e. The van der Waals surface area contributed by atoms with Crippen LogP contribution in [0.5, 0.6) is 0 Å². The van der Waals surface area contributed by atoms with Crippen LogP contribution in [0.15, 0.2) is 24.3 Å². The first-order valence-corrected chi connectivity index (χ1v) is 8.35. The molecule has 0 saturated carbocycles. The minimum absolute atomic E-state index is 0.170. The number of halogens is 1. The lowest BCUT2D eigenvalue weighted by Crippen LogP contribution is -2.17. The summed E-state index contributed by atoms with van der Waals surface area (Å²) in [7, 11) is -3.22. The van der Waals surface area contributed by atoms with Gasteiger partial charge in [0.1, 0.15) is 0 Å². The van der Waals surface area contributed by atoms with E-state index in [9.17, 15) is 8.42 Å². The van der Waals surface area contributed by atoms with E-state index in [0.717, 1.165) is 5.56 Å². The average Bonchev–Trinajstić information content (AvgIpc) is 2.26. The SMILES string of the molecule is CC(C)CCS(=O)(=O)Nc1cccc(CBr)c1. The lowest BCUT2D eigenvalue weighted by Gasteiger charge is -2.10. The normalized spacial score (nSPS) is 11.8. The molecule has 1 N–H and O–H groups in total. The van der Waals surface area contributed by atoms with Gasteiger partial charge in [0.15, 0.2) is 0 Å². The molecule has 0 aliphatic heterocycles. The van der Waals surface area contributed by atoms with Gasteiger partial charge in [-0.05, 0) is 30.0 Å². The zero-order valence-electron chi connectivity index (χ0n) is 10.1. The van der Waals surface area contributed by atoms with E-state index in [0.29, 0.717) is 23.4 Å². The Balaban J connectivity index is 2.69. The molecule has 0 fully saturated rings. The minimum atomic E-state index is -3.22. The van der Waals surface area contributed by atoms with Crippen molar-refractivity contribution in [3.8, 4) is 0 Å². The third-order valence-corrected chi connectivity index (χ3v) is 4.29. The predicted molar refractivity (Wildman–Crippen MR) is 75.9 cm³/mol. The average molecular weight is 320 g/mol. The molecule has 0 aliphatic carbocycles. The lowest BCUT2D eigenvalue weighted by molar-refractivity contribution is 0.578. The van der Waals surface area contributed by atoms with Crippen molar-refractivity contribution in [1.82, 2.24) is 0 Å². The summed E-state index contributed by atoms with van der Waals surface area (Å²) in [6.45, 7) is 4.03. The van der Waals surface area contributed by atoms with Crippen LogP contribution in [0.4, 0.5) is 5.69 Å². The maximum Gasteiger partial charge on any atom is 0.232 e. The topological polar surface area (TPSA) is 46.2 Å².